The molecule has 23 heavy (non-hydrogen) atoms. The molecule has 1 aliphatic heterocycles. The van der Waals surface area contributed by atoms with E-state index in [2.05, 4.69) is 0 Å². The van der Waals surface area contributed by atoms with E-state index in [0.717, 1.165) is 5.56 Å². The van der Waals surface area contributed by atoms with Gasteiger partial charge in [-0.25, -0.2) is 4.79 Å². The van der Waals surface area contributed by atoms with Crippen molar-refractivity contribution in [2.24, 2.45) is 5.92 Å². The van der Waals surface area contributed by atoms with Crippen molar-refractivity contribution in [1.29, 1.82) is 0 Å². The van der Waals surface area contributed by atoms with Crippen LogP contribution in [0.1, 0.15) is 32.3 Å². The Bertz CT molecular complexity index is 522. The van der Waals surface area contributed by atoms with Crippen molar-refractivity contribution < 1.29 is 14.3 Å². The lowest BCUT2D eigenvalue weighted by Crippen LogP contribution is -2.46. The average Bonchev–Trinajstić information content (AvgIpc) is 2.59. The van der Waals surface area contributed by atoms with Crippen molar-refractivity contribution in [1.82, 2.24) is 9.80 Å². The van der Waals surface area contributed by atoms with Gasteiger partial charge in [0.1, 0.15) is 0 Å². The molecule has 0 radical (unpaired) electrons. The molecule has 0 N–H and O–H groups in total. The lowest BCUT2D eigenvalue weighted by molar-refractivity contribution is -0.139. The molecule has 0 atom stereocenters. The normalized spacial score (nSPS) is 15.6. The topological polar surface area (TPSA) is 49.9 Å². The fourth-order valence-corrected chi connectivity index (χ4v) is 2.97. The van der Waals surface area contributed by atoms with Crippen LogP contribution in [-0.4, -0.2) is 48.0 Å². The van der Waals surface area contributed by atoms with Gasteiger partial charge in [0, 0.05) is 31.6 Å². The highest BCUT2D eigenvalue weighted by Crippen LogP contribution is 2.22. The van der Waals surface area contributed by atoms with Gasteiger partial charge in [-0.05, 0) is 32.3 Å². The lowest BCUT2D eigenvalue weighted by Gasteiger charge is -2.35. The molecule has 0 unspecified atom stereocenters. The highest BCUT2D eigenvalue weighted by Gasteiger charge is 2.31. The van der Waals surface area contributed by atoms with E-state index in [9.17, 15) is 9.59 Å². The summed E-state index contributed by atoms with van der Waals surface area (Å²) in [7, 11) is 1.39. The zero-order chi connectivity index (χ0) is 16.8. The first kappa shape index (κ1) is 17.3. The Hall–Kier alpha value is -2.04. The molecule has 0 aliphatic carbocycles. The van der Waals surface area contributed by atoms with E-state index in [4.69, 9.17) is 4.74 Å². The van der Waals surface area contributed by atoms with E-state index in [-0.39, 0.29) is 24.0 Å². The predicted octanol–water partition coefficient (Wildman–Crippen LogP) is 2.90. The molecule has 1 aliphatic rings. The van der Waals surface area contributed by atoms with E-state index in [1.165, 1.54) is 7.11 Å². The van der Waals surface area contributed by atoms with Crippen LogP contribution < -0.4 is 0 Å². The van der Waals surface area contributed by atoms with Crippen LogP contribution in [0.25, 0.3) is 0 Å². The molecule has 1 fully saturated rings. The van der Waals surface area contributed by atoms with E-state index in [1.54, 1.807) is 4.90 Å². The summed E-state index contributed by atoms with van der Waals surface area (Å²) in [4.78, 5) is 28.0. The van der Waals surface area contributed by atoms with E-state index in [1.807, 2.05) is 49.1 Å². The van der Waals surface area contributed by atoms with Gasteiger partial charge in [-0.1, -0.05) is 30.3 Å². The summed E-state index contributed by atoms with van der Waals surface area (Å²) in [6, 6.07) is 10.2. The number of rotatable bonds is 4. The molecule has 5 nitrogen and oxygen atoms in total. The molecular weight excluding hydrogens is 292 g/mol. The predicted molar refractivity (Wildman–Crippen MR) is 88.8 cm³/mol. The number of ether oxygens (including phenoxy) is 1. The molecule has 0 saturated carbocycles. The molecule has 5 heteroatoms. The number of carbonyl (C=O) groups excluding carboxylic acids is 2. The largest absolute Gasteiger partial charge is 0.453 e. The Morgan fingerprint density at radius 2 is 1.83 bits per heavy atom. The number of benzene rings is 1. The maximum Gasteiger partial charge on any atom is 0.409 e. The Balaban J connectivity index is 1.98. The number of nitrogens with zero attached hydrogens (tertiary/aromatic N) is 2. The van der Waals surface area contributed by atoms with Crippen molar-refractivity contribution in [3.63, 3.8) is 0 Å². The Morgan fingerprint density at radius 1 is 1.22 bits per heavy atom. The van der Waals surface area contributed by atoms with E-state index in [0.29, 0.717) is 32.5 Å². The van der Waals surface area contributed by atoms with Gasteiger partial charge in [-0.3, -0.25) is 4.79 Å². The zero-order valence-corrected chi connectivity index (χ0v) is 14.2. The van der Waals surface area contributed by atoms with Crippen molar-refractivity contribution in [3.8, 4) is 0 Å². The third kappa shape index (κ3) is 4.47. The number of amides is 2. The smallest absolute Gasteiger partial charge is 0.409 e. The molecule has 1 saturated heterocycles. The summed E-state index contributed by atoms with van der Waals surface area (Å²) in [5.74, 6) is 0.176. The molecule has 1 aromatic carbocycles. The van der Waals surface area contributed by atoms with Gasteiger partial charge in [0.25, 0.3) is 0 Å². The fraction of sp³-hybridized carbons (Fsp3) is 0.556. The zero-order valence-electron chi connectivity index (χ0n) is 14.2. The Morgan fingerprint density at radius 3 is 2.35 bits per heavy atom. The Labute approximate surface area is 138 Å². The van der Waals surface area contributed by atoms with Crippen LogP contribution in [0.15, 0.2) is 30.3 Å². The average molecular weight is 318 g/mol. The van der Waals surface area contributed by atoms with Crippen LogP contribution in [0.4, 0.5) is 4.79 Å². The minimum atomic E-state index is -0.305. The number of piperidine rings is 1. The molecule has 0 bridgehead atoms. The molecule has 0 aromatic heterocycles. The fourth-order valence-electron chi connectivity index (χ4n) is 2.97. The third-order valence-corrected chi connectivity index (χ3v) is 4.38. The molecule has 0 spiro atoms. The molecule has 2 rings (SSSR count). The summed E-state index contributed by atoms with van der Waals surface area (Å²) in [6.45, 7) is 5.89. The second-order valence-corrected chi connectivity index (χ2v) is 6.28. The summed E-state index contributed by atoms with van der Waals surface area (Å²) < 4.78 is 4.74. The minimum Gasteiger partial charge on any atom is -0.453 e. The van der Waals surface area contributed by atoms with E-state index < -0.39 is 0 Å². The van der Waals surface area contributed by atoms with Crippen LogP contribution in [0.3, 0.4) is 0 Å². The Kier molecular flexibility index (Phi) is 6.02. The highest BCUT2D eigenvalue weighted by atomic mass is 16.5. The summed E-state index contributed by atoms with van der Waals surface area (Å²) in [5.41, 5.74) is 1.14. The van der Waals surface area contributed by atoms with Gasteiger partial charge < -0.3 is 14.5 Å². The molecular formula is C18H26N2O3. The number of hydrogen-bond acceptors (Lipinski definition) is 3. The van der Waals surface area contributed by atoms with Crippen LogP contribution in [0.2, 0.25) is 0 Å². The van der Waals surface area contributed by atoms with Gasteiger partial charge in [0.2, 0.25) is 5.91 Å². The maximum absolute atomic E-state index is 12.9. The van der Waals surface area contributed by atoms with Gasteiger partial charge in [-0.15, -0.1) is 0 Å². The SMILES string of the molecule is COC(=O)N1CCC(C(=O)N(Cc2ccccc2)C(C)C)CC1. The maximum atomic E-state index is 12.9. The summed E-state index contributed by atoms with van der Waals surface area (Å²) >= 11 is 0. The number of methoxy groups -OCH3 is 1. The van der Waals surface area contributed by atoms with Crippen molar-refractivity contribution in [3.05, 3.63) is 35.9 Å². The van der Waals surface area contributed by atoms with Crippen molar-refractivity contribution in [2.75, 3.05) is 20.2 Å². The second-order valence-electron chi connectivity index (χ2n) is 6.28. The van der Waals surface area contributed by atoms with Gasteiger partial charge in [0.05, 0.1) is 7.11 Å². The van der Waals surface area contributed by atoms with Crippen molar-refractivity contribution in [2.45, 2.75) is 39.3 Å². The second kappa shape index (κ2) is 7.99. The van der Waals surface area contributed by atoms with Gasteiger partial charge in [-0.2, -0.15) is 0 Å². The molecule has 126 valence electrons. The standard InChI is InChI=1S/C18H26N2O3/c1-14(2)20(13-15-7-5-4-6-8-15)17(21)16-9-11-19(12-10-16)18(22)23-3/h4-8,14,16H,9-13H2,1-3H3. The highest BCUT2D eigenvalue weighted by molar-refractivity contribution is 5.79. The summed E-state index contributed by atoms with van der Waals surface area (Å²) in [6.07, 6.45) is 1.10. The van der Waals surface area contributed by atoms with Crippen LogP contribution >= 0.6 is 0 Å². The van der Waals surface area contributed by atoms with Crippen LogP contribution in [0, 0.1) is 5.92 Å². The lowest BCUT2D eigenvalue weighted by atomic mass is 9.94. The molecule has 1 aromatic rings. The number of carbonyl (C=O) groups is 2. The number of hydrogen-bond donors (Lipinski definition) is 0. The molecule has 2 amide bonds. The van der Waals surface area contributed by atoms with Gasteiger partial charge >= 0.3 is 6.09 Å². The van der Waals surface area contributed by atoms with E-state index >= 15 is 0 Å². The van der Waals surface area contributed by atoms with Gasteiger partial charge in [0.15, 0.2) is 0 Å². The monoisotopic (exact) mass is 318 g/mol. The minimum absolute atomic E-state index is 0.0120. The first-order chi connectivity index (χ1) is 11.0. The first-order valence-electron chi connectivity index (χ1n) is 8.20. The number of likely N-dealkylation sites (tertiary alicyclic amines) is 1. The first-order valence-corrected chi connectivity index (χ1v) is 8.20. The third-order valence-electron chi connectivity index (χ3n) is 4.38. The van der Waals surface area contributed by atoms with Crippen LogP contribution in [-0.2, 0) is 16.1 Å². The summed E-state index contributed by atoms with van der Waals surface area (Å²) in [5, 5.41) is 0. The van der Waals surface area contributed by atoms with Crippen molar-refractivity contribution >= 4 is 12.0 Å². The van der Waals surface area contributed by atoms with Crippen LogP contribution in [0.5, 0.6) is 0 Å². The quantitative estimate of drug-likeness (QED) is 0.857. The molecule has 1 heterocycles.